The highest BCUT2D eigenvalue weighted by molar-refractivity contribution is 5.75. The van der Waals surface area contributed by atoms with Gasteiger partial charge in [-0.15, -0.1) is 0 Å². The molecule has 1 fully saturated rings. The number of aryl methyl sites for hydroxylation is 1. The molecular weight excluding hydrogens is 240 g/mol. The molecule has 5 nitrogen and oxygen atoms in total. The van der Waals surface area contributed by atoms with Crippen molar-refractivity contribution in [1.82, 2.24) is 20.0 Å². The molecule has 5 heteroatoms. The van der Waals surface area contributed by atoms with Gasteiger partial charge in [-0.2, -0.15) is 5.10 Å². The number of nitrogens with one attached hydrogen (secondary N) is 1. The molecular formula is C14H24N4O. The van der Waals surface area contributed by atoms with Crippen molar-refractivity contribution in [2.45, 2.75) is 33.2 Å². The summed E-state index contributed by atoms with van der Waals surface area (Å²) in [6, 6.07) is 0. The van der Waals surface area contributed by atoms with E-state index in [0.29, 0.717) is 12.5 Å². The van der Waals surface area contributed by atoms with Crippen molar-refractivity contribution < 1.29 is 4.79 Å². The SMILES string of the molecule is CCN1CCCC(CNC(=O)Cn2cc(C)cn2)C1. The normalized spacial score (nSPS) is 20.4. The number of rotatable bonds is 5. The number of aromatic nitrogens is 2. The van der Waals surface area contributed by atoms with Crippen LogP contribution in [0.4, 0.5) is 0 Å². The van der Waals surface area contributed by atoms with Crippen LogP contribution in [0.2, 0.25) is 0 Å². The van der Waals surface area contributed by atoms with Gasteiger partial charge in [-0.3, -0.25) is 9.48 Å². The molecule has 0 spiro atoms. The van der Waals surface area contributed by atoms with Crippen LogP contribution in [0.25, 0.3) is 0 Å². The van der Waals surface area contributed by atoms with E-state index in [1.54, 1.807) is 10.9 Å². The van der Waals surface area contributed by atoms with Crippen LogP contribution < -0.4 is 5.32 Å². The minimum atomic E-state index is 0.0525. The largest absolute Gasteiger partial charge is 0.354 e. The standard InChI is InChI=1S/C14H24N4O/c1-3-17-6-4-5-13(10-17)8-15-14(19)11-18-9-12(2)7-16-18/h7,9,13H,3-6,8,10-11H2,1-2H3,(H,15,19). The first kappa shape index (κ1) is 14.1. The number of nitrogens with zero attached hydrogens (tertiary/aromatic N) is 3. The lowest BCUT2D eigenvalue weighted by Gasteiger charge is -2.31. The molecule has 1 saturated heterocycles. The third kappa shape index (κ3) is 4.35. The first-order chi connectivity index (χ1) is 9.17. The lowest BCUT2D eigenvalue weighted by molar-refractivity contribution is -0.122. The lowest BCUT2D eigenvalue weighted by Crippen LogP contribution is -2.41. The van der Waals surface area contributed by atoms with Crippen LogP contribution in [0.15, 0.2) is 12.4 Å². The quantitative estimate of drug-likeness (QED) is 0.864. The maximum atomic E-state index is 11.8. The Balaban J connectivity index is 1.71. The summed E-state index contributed by atoms with van der Waals surface area (Å²) in [7, 11) is 0. The Morgan fingerprint density at radius 1 is 1.58 bits per heavy atom. The molecule has 1 aromatic heterocycles. The van der Waals surface area contributed by atoms with E-state index in [1.165, 1.54) is 19.4 Å². The van der Waals surface area contributed by atoms with Gasteiger partial charge in [0.2, 0.25) is 5.91 Å². The van der Waals surface area contributed by atoms with Crippen molar-refractivity contribution in [2.24, 2.45) is 5.92 Å². The van der Waals surface area contributed by atoms with E-state index in [1.807, 2.05) is 13.1 Å². The van der Waals surface area contributed by atoms with Gasteiger partial charge < -0.3 is 10.2 Å². The predicted molar refractivity (Wildman–Crippen MR) is 74.8 cm³/mol. The Kier molecular flexibility index (Phi) is 4.96. The van der Waals surface area contributed by atoms with Crippen LogP contribution >= 0.6 is 0 Å². The molecule has 1 N–H and O–H groups in total. The molecule has 0 aliphatic carbocycles. The van der Waals surface area contributed by atoms with Gasteiger partial charge in [-0.25, -0.2) is 0 Å². The Bertz CT molecular complexity index is 415. The van der Waals surface area contributed by atoms with Gasteiger partial charge in [0, 0.05) is 19.3 Å². The van der Waals surface area contributed by atoms with Gasteiger partial charge in [0.05, 0.1) is 6.20 Å². The average Bonchev–Trinajstić information content (AvgIpc) is 2.82. The molecule has 19 heavy (non-hydrogen) atoms. The molecule has 2 heterocycles. The van der Waals surface area contributed by atoms with Gasteiger partial charge in [0.25, 0.3) is 0 Å². The summed E-state index contributed by atoms with van der Waals surface area (Å²) in [5, 5.41) is 7.15. The fraction of sp³-hybridized carbons (Fsp3) is 0.714. The van der Waals surface area contributed by atoms with E-state index in [9.17, 15) is 4.79 Å². The smallest absolute Gasteiger partial charge is 0.241 e. The van der Waals surface area contributed by atoms with Gasteiger partial charge >= 0.3 is 0 Å². The first-order valence-corrected chi connectivity index (χ1v) is 7.15. The molecule has 1 aliphatic rings. The Hall–Kier alpha value is -1.36. The molecule has 1 aliphatic heterocycles. The molecule has 106 valence electrons. The molecule has 0 bridgehead atoms. The van der Waals surface area contributed by atoms with Crippen LogP contribution in [-0.4, -0.2) is 46.8 Å². The van der Waals surface area contributed by atoms with Gasteiger partial charge in [0.15, 0.2) is 0 Å². The predicted octanol–water partition coefficient (Wildman–Crippen LogP) is 1.04. The van der Waals surface area contributed by atoms with Crippen LogP contribution in [0, 0.1) is 12.8 Å². The van der Waals surface area contributed by atoms with E-state index in [2.05, 4.69) is 22.2 Å². The van der Waals surface area contributed by atoms with Crippen LogP contribution in [0.5, 0.6) is 0 Å². The first-order valence-electron chi connectivity index (χ1n) is 7.15. The zero-order chi connectivity index (χ0) is 13.7. The van der Waals surface area contributed by atoms with Crippen molar-refractivity contribution in [2.75, 3.05) is 26.2 Å². The number of hydrogen-bond acceptors (Lipinski definition) is 3. The van der Waals surface area contributed by atoms with Crippen molar-refractivity contribution in [3.8, 4) is 0 Å². The highest BCUT2D eigenvalue weighted by Gasteiger charge is 2.19. The number of piperidine rings is 1. The van der Waals surface area contributed by atoms with Gasteiger partial charge in [-0.1, -0.05) is 6.92 Å². The van der Waals surface area contributed by atoms with E-state index < -0.39 is 0 Å². The minimum absolute atomic E-state index is 0.0525. The van der Waals surface area contributed by atoms with Crippen molar-refractivity contribution in [3.63, 3.8) is 0 Å². The second kappa shape index (κ2) is 6.70. The fourth-order valence-electron chi connectivity index (χ4n) is 2.62. The number of carbonyl (C=O) groups excluding carboxylic acids is 1. The second-order valence-electron chi connectivity index (χ2n) is 5.42. The second-order valence-corrected chi connectivity index (χ2v) is 5.42. The highest BCUT2D eigenvalue weighted by atomic mass is 16.2. The average molecular weight is 264 g/mol. The summed E-state index contributed by atoms with van der Waals surface area (Å²) in [6.07, 6.45) is 6.12. The topological polar surface area (TPSA) is 50.2 Å². The number of amides is 1. The molecule has 0 radical (unpaired) electrons. The minimum Gasteiger partial charge on any atom is -0.354 e. The number of hydrogen-bond donors (Lipinski definition) is 1. The highest BCUT2D eigenvalue weighted by Crippen LogP contribution is 2.15. The third-order valence-electron chi connectivity index (χ3n) is 3.71. The summed E-state index contributed by atoms with van der Waals surface area (Å²) < 4.78 is 1.68. The molecule has 1 unspecified atom stereocenters. The molecule has 0 aromatic carbocycles. The van der Waals surface area contributed by atoms with Crippen LogP contribution in [-0.2, 0) is 11.3 Å². The van der Waals surface area contributed by atoms with E-state index >= 15 is 0 Å². The maximum Gasteiger partial charge on any atom is 0.241 e. The van der Waals surface area contributed by atoms with Crippen molar-refractivity contribution in [3.05, 3.63) is 18.0 Å². The number of likely N-dealkylation sites (tertiary alicyclic amines) is 1. The summed E-state index contributed by atoms with van der Waals surface area (Å²) >= 11 is 0. The van der Waals surface area contributed by atoms with Crippen molar-refractivity contribution in [1.29, 1.82) is 0 Å². The number of carbonyl (C=O) groups is 1. The molecule has 1 atom stereocenters. The molecule has 1 amide bonds. The Morgan fingerprint density at radius 2 is 2.42 bits per heavy atom. The summed E-state index contributed by atoms with van der Waals surface area (Å²) in [4.78, 5) is 14.3. The fourth-order valence-corrected chi connectivity index (χ4v) is 2.62. The summed E-state index contributed by atoms with van der Waals surface area (Å²) in [5.74, 6) is 0.647. The zero-order valence-corrected chi connectivity index (χ0v) is 11.9. The zero-order valence-electron chi connectivity index (χ0n) is 11.9. The Labute approximate surface area is 115 Å². The van der Waals surface area contributed by atoms with E-state index in [-0.39, 0.29) is 5.91 Å². The lowest BCUT2D eigenvalue weighted by atomic mass is 9.98. The van der Waals surface area contributed by atoms with E-state index in [0.717, 1.165) is 25.2 Å². The van der Waals surface area contributed by atoms with Gasteiger partial charge in [-0.05, 0) is 44.3 Å². The monoisotopic (exact) mass is 264 g/mol. The van der Waals surface area contributed by atoms with Crippen LogP contribution in [0.1, 0.15) is 25.3 Å². The van der Waals surface area contributed by atoms with Gasteiger partial charge in [0.1, 0.15) is 6.54 Å². The van der Waals surface area contributed by atoms with Crippen molar-refractivity contribution >= 4 is 5.91 Å². The Morgan fingerprint density at radius 3 is 3.11 bits per heavy atom. The molecule has 2 rings (SSSR count). The molecule has 0 saturated carbocycles. The van der Waals surface area contributed by atoms with E-state index in [4.69, 9.17) is 0 Å². The maximum absolute atomic E-state index is 11.8. The molecule has 1 aromatic rings. The summed E-state index contributed by atoms with van der Waals surface area (Å²) in [5.41, 5.74) is 1.08. The van der Waals surface area contributed by atoms with Crippen LogP contribution in [0.3, 0.4) is 0 Å². The summed E-state index contributed by atoms with van der Waals surface area (Å²) in [6.45, 7) is 8.69. The third-order valence-corrected chi connectivity index (χ3v) is 3.71.